The van der Waals surface area contributed by atoms with E-state index in [2.05, 4.69) is 12.2 Å². The lowest BCUT2D eigenvalue weighted by molar-refractivity contribution is 0.480. The number of rotatable bonds is 4. The Hall–Kier alpha value is -1.61. The molecular weight excluding hydrogens is 229 g/mol. The monoisotopic (exact) mass is 247 g/mol. The van der Waals surface area contributed by atoms with Crippen LogP contribution in [0.25, 0.3) is 11.3 Å². The Morgan fingerprint density at radius 3 is 2.78 bits per heavy atom. The van der Waals surface area contributed by atoms with E-state index in [4.69, 9.17) is 4.42 Å². The molecule has 0 bridgehead atoms. The second-order valence-electron chi connectivity index (χ2n) is 4.62. The number of furan rings is 1. The van der Waals surface area contributed by atoms with Crippen molar-refractivity contribution in [3.63, 3.8) is 0 Å². The highest BCUT2D eigenvalue weighted by molar-refractivity contribution is 5.62. The Labute approximate surface area is 107 Å². The normalized spacial score (nSPS) is 12.7. The summed E-state index contributed by atoms with van der Waals surface area (Å²) >= 11 is 0. The van der Waals surface area contributed by atoms with Gasteiger partial charge in [0.25, 0.3) is 0 Å². The van der Waals surface area contributed by atoms with Gasteiger partial charge < -0.3 is 9.73 Å². The van der Waals surface area contributed by atoms with Gasteiger partial charge in [-0.2, -0.15) is 0 Å². The lowest BCUT2D eigenvalue weighted by Crippen LogP contribution is -2.23. The molecule has 0 saturated heterocycles. The summed E-state index contributed by atoms with van der Waals surface area (Å²) in [6.45, 7) is 4.04. The molecule has 1 aromatic carbocycles. The molecule has 1 aromatic heterocycles. The Bertz CT molecular complexity index is 533. The van der Waals surface area contributed by atoms with Crippen molar-refractivity contribution in [3.05, 3.63) is 47.5 Å². The molecule has 1 N–H and O–H groups in total. The molecule has 1 atom stereocenters. The second kappa shape index (κ2) is 5.36. The van der Waals surface area contributed by atoms with Gasteiger partial charge in [-0.3, -0.25) is 0 Å². The van der Waals surface area contributed by atoms with Crippen LogP contribution in [0.5, 0.6) is 0 Å². The average Bonchev–Trinajstić information content (AvgIpc) is 2.80. The maximum Gasteiger partial charge on any atom is 0.134 e. The minimum Gasteiger partial charge on any atom is -0.461 e. The highest BCUT2D eigenvalue weighted by Crippen LogP contribution is 2.26. The van der Waals surface area contributed by atoms with Crippen molar-refractivity contribution in [2.24, 2.45) is 0 Å². The predicted octanol–water partition coefficient (Wildman–Crippen LogP) is 3.54. The van der Waals surface area contributed by atoms with Crippen LogP contribution >= 0.6 is 0 Å². The lowest BCUT2D eigenvalue weighted by Gasteiger charge is -2.07. The van der Waals surface area contributed by atoms with Crippen molar-refractivity contribution in [2.75, 3.05) is 7.05 Å². The van der Waals surface area contributed by atoms with Crippen LogP contribution in [0.4, 0.5) is 4.39 Å². The fraction of sp³-hybridized carbons (Fsp3) is 0.333. The van der Waals surface area contributed by atoms with Gasteiger partial charge in [0.15, 0.2) is 0 Å². The molecule has 0 aliphatic rings. The molecule has 3 heteroatoms. The molecule has 0 saturated carbocycles. The number of hydrogen-bond acceptors (Lipinski definition) is 2. The van der Waals surface area contributed by atoms with Gasteiger partial charge in [-0.1, -0.05) is 6.07 Å². The summed E-state index contributed by atoms with van der Waals surface area (Å²) in [5.41, 5.74) is 1.83. The Morgan fingerprint density at radius 1 is 1.28 bits per heavy atom. The predicted molar refractivity (Wildman–Crippen MR) is 71.1 cm³/mol. The summed E-state index contributed by atoms with van der Waals surface area (Å²) in [6, 6.07) is 8.96. The number of nitrogens with one attached hydrogen (secondary N) is 1. The molecule has 0 aliphatic carbocycles. The molecule has 2 aromatic rings. The zero-order valence-corrected chi connectivity index (χ0v) is 11.0. The van der Waals surface area contributed by atoms with Crippen molar-refractivity contribution in [3.8, 4) is 11.3 Å². The van der Waals surface area contributed by atoms with Crippen LogP contribution in [0.2, 0.25) is 0 Å². The number of halogens is 1. The molecule has 1 heterocycles. The van der Waals surface area contributed by atoms with Crippen molar-refractivity contribution in [2.45, 2.75) is 26.3 Å². The Balaban J connectivity index is 2.26. The van der Waals surface area contributed by atoms with E-state index in [9.17, 15) is 4.39 Å². The first kappa shape index (κ1) is 12.8. The quantitative estimate of drug-likeness (QED) is 0.894. The third kappa shape index (κ3) is 2.79. The first-order chi connectivity index (χ1) is 8.60. The van der Waals surface area contributed by atoms with Gasteiger partial charge in [-0.15, -0.1) is 0 Å². The van der Waals surface area contributed by atoms with E-state index in [0.717, 1.165) is 29.1 Å². The average molecular weight is 247 g/mol. The van der Waals surface area contributed by atoms with E-state index in [1.165, 1.54) is 12.1 Å². The van der Waals surface area contributed by atoms with Gasteiger partial charge in [0, 0.05) is 18.0 Å². The van der Waals surface area contributed by atoms with E-state index in [-0.39, 0.29) is 5.82 Å². The molecule has 18 heavy (non-hydrogen) atoms. The maximum atomic E-state index is 13.3. The molecule has 0 fully saturated rings. The van der Waals surface area contributed by atoms with E-state index in [1.54, 1.807) is 6.07 Å². The third-order valence-electron chi connectivity index (χ3n) is 3.13. The summed E-state index contributed by atoms with van der Waals surface area (Å²) in [5.74, 6) is 1.40. The van der Waals surface area contributed by atoms with Gasteiger partial charge in [0.1, 0.15) is 17.3 Å². The van der Waals surface area contributed by atoms with Gasteiger partial charge in [0.05, 0.1) is 0 Å². The van der Waals surface area contributed by atoms with Crippen molar-refractivity contribution >= 4 is 0 Å². The number of hydrogen-bond donors (Lipinski definition) is 1. The highest BCUT2D eigenvalue weighted by atomic mass is 19.1. The van der Waals surface area contributed by atoms with Crippen LogP contribution in [0.15, 0.2) is 34.7 Å². The van der Waals surface area contributed by atoms with E-state index in [0.29, 0.717) is 6.04 Å². The van der Waals surface area contributed by atoms with Crippen LogP contribution in [0.3, 0.4) is 0 Å². The van der Waals surface area contributed by atoms with Crippen LogP contribution < -0.4 is 5.32 Å². The molecular formula is C15H18FNO. The highest BCUT2D eigenvalue weighted by Gasteiger charge is 2.10. The smallest absolute Gasteiger partial charge is 0.134 e. The molecule has 1 unspecified atom stereocenters. The SMILES string of the molecule is CNC(C)Cc1ccc(-c2cc(F)ccc2C)o1. The largest absolute Gasteiger partial charge is 0.461 e. The summed E-state index contributed by atoms with van der Waals surface area (Å²) < 4.78 is 19.0. The summed E-state index contributed by atoms with van der Waals surface area (Å²) in [5, 5.41) is 3.16. The zero-order valence-electron chi connectivity index (χ0n) is 11.0. The third-order valence-corrected chi connectivity index (χ3v) is 3.13. The molecule has 0 spiro atoms. The minimum absolute atomic E-state index is 0.239. The fourth-order valence-corrected chi connectivity index (χ4v) is 1.90. The zero-order chi connectivity index (χ0) is 13.1. The molecule has 0 aliphatic heterocycles. The molecule has 96 valence electrons. The van der Waals surface area contributed by atoms with E-state index < -0.39 is 0 Å². The number of likely N-dealkylation sites (N-methyl/N-ethyl adjacent to an activating group) is 1. The van der Waals surface area contributed by atoms with Crippen LogP contribution in [-0.2, 0) is 6.42 Å². The topological polar surface area (TPSA) is 25.2 Å². The molecule has 2 rings (SSSR count). The fourth-order valence-electron chi connectivity index (χ4n) is 1.90. The number of aryl methyl sites for hydroxylation is 1. The van der Waals surface area contributed by atoms with Crippen molar-refractivity contribution in [1.82, 2.24) is 5.32 Å². The number of benzene rings is 1. The van der Waals surface area contributed by atoms with Gasteiger partial charge >= 0.3 is 0 Å². The van der Waals surface area contributed by atoms with Crippen LogP contribution in [0.1, 0.15) is 18.2 Å². The molecule has 2 nitrogen and oxygen atoms in total. The molecule has 0 radical (unpaired) electrons. The lowest BCUT2D eigenvalue weighted by atomic mass is 10.1. The van der Waals surface area contributed by atoms with Crippen LogP contribution in [-0.4, -0.2) is 13.1 Å². The van der Waals surface area contributed by atoms with E-state index in [1.807, 2.05) is 26.1 Å². The Morgan fingerprint density at radius 2 is 2.06 bits per heavy atom. The minimum atomic E-state index is -0.239. The Kier molecular flexibility index (Phi) is 3.82. The van der Waals surface area contributed by atoms with Crippen LogP contribution in [0, 0.1) is 12.7 Å². The maximum absolute atomic E-state index is 13.3. The summed E-state index contributed by atoms with van der Waals surface area (Å²) in [7, 11) is 1.92. The first-order valence-corrected chi connectivity index (χ1v) is 6.12. The standard InChI is InChI=1S/C15H18FNO/c1-10-4-5-12(16)9-14(10)15-7-6-13(18-15)8-11(2)17-3/h4-7,9,11,17H,8H2,1-3H3. The van der Waals surface area contributed by atoms with Gasteiger partial charge in [0.2, 0.25) is 0 Å². The van der Waals surface area contributed by atoms with E-state index >= 15 is 0 Å². The van der Waals surface area contributed by atoms with Gasteiger partial charge in [-0.05, 0) is 50.7 Å². The summed E-state index contributed by atoms with van der Waals surface area (Å²) in [4.78, 5) is 0. The first-order valence-electron chi connectivity index (χ1n) is 6.12. The van der Waals surface area contributed by atoms with Crippen molar-refractivity contribution < 1.29 is 8.81 Å². The second-order valence-corrected chi connectivity index (χ2v) is 4.62. The summed E-state index contributed by atoms with van der Waals surface area (Å²) in [6.07, 6.45) is 0.824. The van der Waals surface area contributed by atoms with Gasteiger partial charge in [-0.25, -0.2) is 4.39 Å². The molecule has 0 amide bonds. The van der Waals surface area contributed by atoms with Crippen molar-refractivity contribution in [1.29, 1.82) is 0 Å².